The molecule has 0 rings (SSSR count). The van der Waals surface area contributed by atoms with Gasteiger partial charge in [-0.15, -0.1) is 0 Å². The fraction of sp³-hybridized carbons (Fsp3) is 0.950. The molecule has 0 fully saturated rings. The van der Waals surface area contributed by atoms with Crippen LogP contribution in [0.4, 0.5) is 0 Å². The highest BCUT2D eigenvalue weighted by Crippen LogP contribution is 2.20. The Bertz CT molecular complexity index is 284. The first-order chi connectivity index (χ1) is 13.7. The van der Waals surface area contributed by atoms with E-state index < -0.39 is 5.60 Å². The van der Waals surface area contributed by atoms with Gasteiger partial charge in [0.2, 0.25) is 0 Å². The van der Waals surface area contributed by atoms with Gasteiger partial charge in [0.15, 0.2) is 0 Å². The van der Waals surface area contributed by atoms with Crippen molar-refractivity contribution < 1.29 is 37.9 Å². The van der Waals surface area contributed by atoms with E-state index in [1.54, 1.807) is 14.2 Å². The van der Waals surface area contributed by atoms with E-state index in [9.17, 15) is 0 Å². The summed E-state index contributed by atoms with van der Waals surface area (Å²) in [6.07, 6.45) is 1.34. The van der Waals surface area contributed by atoms with Crippen LogP contribution in [0, 0.1) is 6.92 Å². The van der Waals surface area contributed by atoms with Gasteiger partial charge >= 0.3 is 0 Å². The van der Waals surface area contributed by atoms with E-state index in [-0.39, 0.29) is 0 Å². The lowest BCUT2D eigenvalue weighted by atomic mass is 9.98. The third kappa shape index (κ3) is 19.0. The standard InChI is InChI=1S/C20H41O8/c1-5-23-18-19-28-20(2,6-8-24-14-16-26-12-10-21-3)7-9-25-15-17-27-13-11-22-4/h2,5-19H2,1,3-4H3. The van der Waals surface area contributed by atoms with Gasteiger partial charge in [-0.2, -0.15) is 0 Å². The van der Waals surface area contributed by atoms with Crippen LogP contribution in [0.1, 0.15) is 19.8 Å². The van der Waals surface area contributed by atoms with Crippen molar-refractivity contribution >= 4 is 0 Å². The molecule has 0 atom stereocenters. The van der Waals surface area contributed by atoms with Crippen LogP contribution >= 0.6 is 0 Å². The zero-order chi connectivity index (χ0) is 20.8. The molecule has 0 saturated heterocycles. The molecule has 0 unspecified atom stereocenters. The van der Waals surface area contributed by atoms with Gasteiger partial charge in [0.05, 0.1) is 71.7 Å². The van der Waals surface area contributed by atoms with Crippen LogP contribution in [0.3, 0.4) is 0 Å². The van der Waals surface area contributed by atoms with E-state index >= 15 is 0 Å². The molecule has 0 heterocycles. The highest BCUT2D eigenvalue weighted by Gasteiger charge is 2.25. The number of rotatable bonds is 23. The Balaban J connectivity index is 3.94. The van der Waals surface area contributed by atoms with Gasteiger partial charge in [0.1, 0.15) is 0 Å². The number of hydrogen-bond acceptors (Lipinski definition) is 8. The average molecular weight is 410 g/mol. The maximum absolute atomic E-state index is 5.96. The Morgan fingerprint density at radius 3 is 1.36 bits per heavy atom. The molecule has 0 N–H and O–H groups in total. The van der Waals surface area contributed by atoms with Crippen molar-refractivity contribution in [3.8, 4) is 0 Å². The van der Waals surface area contributed by atoms with Gasteiger partial charge in [-0.3, -0.25) is 0 Å². The summed E-state index contributed by atoms with van der Waals surface area (Å²) in [6.45, 7) is 13.5. The zero-order valence-electron chi connectivity index (χ0n) is 18.1. The van der Waals surface area contributed by atoms with Crippen LogP contribution in [-0.2, 0) is 37.9 Å². The van der Waals surface area contributed by atoms with E-state index in [4.69, 9.17) is 37.9 Å². The van der Waals surface area contributed by atoms with Gasteiger partial charge in [0.25, 0.3) is 0 Å². The highest BCUT2D eigenvalue weighted by atomic mass is 16.6. The summed E-state index contributed by atoms with van der Waals surface area (Å²) in [5.41, 5.74) is -0.565. The minimum atomic E-state index is -0.565. The first-order valence-electron chi connectivity index (χ1n) is 10.0. The smallest absolute Gasteiger partial charge is 0.0728 e. The molecule has 0 aromatic carbocycles. The summed E-state index contributed by atoms with van der Waals surface area (Å²) >= 11 is 0. The molecule has 8 heteroatoms. The lowest BCUT2D eigenvalue weighted by molar-refractivity contribution is -0.0757. The van der Waals surface area contributed by atoms with Crippen LogP contribution in [0.2, 0.25) is 0 Å². The van der Waals surface area contributed by atoms with Crippen LogP contribution in [0.5, 0.6) is 0 Å². The summed E-state index contributed by atoms with van der Waals surface area (Å²) in [4.78, 5) is 0. The molecule has 0 aliphatic heterocycles. The van der Waals surface area contributed by atoms with E-state index in [0.717, 1.165) is 0 Å². The molecule has 0 aliphatic carbocycles. The number of ether oxygens (including phenoxy) is 8. The Hall–Kier alpha value is -0.320. The molecule has 8 nitrogen and oxygen atoms in total. The Labute approximate surface area is 171 Å². The molecule has 169 valence electrons. The summed E-state index contributed by atoms with van der Waals surface area (Å²) in [7, 11) is 3.30. The van der Waals surface area contributed by atoms with E-state index in [2.05, 4.69) is 6.92 Å². The molecule has 0 spiro atoms. The minimum Gasteiger partial charge on any atom is -0.382 e. The first kappa shape index (κ1) is 27.7. The van der Waals surface area contributed by atoms with Gasteiger partial charge in [0, 0.05) is 34.0 Å². The van der Waals surface area contributed by atoms with Crippen molar-refractivity contribution in [3.05, 3.63) is 6.92 Å². The lowest BCUT2D eigenvalue weighted by Gasteiger charge is -2.30. The lowest BCUT2D eigenvalue weighted by Crippen LogP contribution is -2.34. The zero-order valence-corrected chi connectivity index (χ0v) is 18.1. The fourth-order valence-electron chi connectivity index (χ4n) is 2.18. The molecule has 0 aromatic heterocycles. The van der Waals surface area contributed by atoms with Crippen molar-refractivity contribution in [2.75, 3.05) is 100 Å². The Kier molecular flexibility index (Phi) is 21.1. The van der Waals surface area contributed by atoms with E-state index in [1.165, 1.54) is 0 Å². The summed E-state index contributed by atoms with van der Waals surface area (Å²) < 4.78 is 43.1. The molecular weight excluding hydrogens is 368 g/mol. The van der Waals surface area contributed by atoms with Gasteiger partial charge in [-0.1, -0.05) is 0 Å². The monoisotopic (exact) mass is 409 g/mol. The Morgan fingerprint density at radius 2 is 0.929 bits per heavy atom. The quantitative estimate of drug-likeness (QED) is 0.236. The first-order valence-corrected chi connectivity index (χ1v) is 10.0. The second-order valence-electron chi connectivity index (χ2n) is 6.16. The van der Waals surface area contributed by atoms with Crippen molar-refractivity contribution in [2.24, 2.45) is 0 Å². The largest absolute Gasteiger partial charge is 0.382 e. The van der Waals surface area contributed by atoms with Crippen LogP contribution in [0.25, 0.3) is 0 Å². The highest BCUT2D eigenvalue weighted by molar-refractivity contribution is 4.83. The van der Waals surface area contributed by atoms with Crippen LogP contribution in [-0.4, -0.2) is 106 Å². The van der Waals surface area contributed by atoms with Gasteiger partial charge in [-0.25, -0.2) is 0 Å². The third-order valence-corrected chi connectivity index (χ3v) is 3.85. The maximum atomic E-state index is 5.96. The second-order valence-corrected chi connectivity index (χ2v) is 6.16. The molecular formula is C20H41O8. The molecule has 0 amide bonds. The normalized spacial score (nSPS) is 12.0. The number of methoxy groups -OCH3 is 2. The van der Waals surface area contributed by atoms with Gasteiger partial charge in [-0.05, 0) is 26.7 Å². The van der Waals surface area contributed by atoms with Crippen LogP contribution < -0.4 is 0 Å². The molecule has 0 bridgehead atoms. The van der Waals surface area contributed by atoms with Crippen LogP contribution in [0.15, 0.2) is 0 Å². The maximum Gasteiger partial charge on any atom is 0.0728 e. The summed E-state index contributed by atoms with van der Waals surface area (Å²) in [6, 6.07) is 0. The molecule has 0 saturated carbocycles. The van der Waals surface area contributed by atoms with E-state index in [1.807, 2.05) is 6.92 Å². The third-order valence-electron chi connectivity index (χ3n) is 3.85. The molecule has 28 heavy (non-hydrogen) atoms. The van der Waals surface area contributed by atoms with Crippen molar-refractivity contribution in [3.63, 3.8) is 0 Å². The minimum absolute atomic E-state index is 0.498. The predicted octanol–water partition coefficient (Wildman–Crippen LogP) is 1.75. The summed E-state index contributed by atoms with van der Waals surface area (Å²) in [5, 5.41) is 0. The van der Waals surface area contributed by atoms with Crippen molar-refractivity contribution in [2.45, 2.75) is 25.4 Å². The molecule has 1 radical (unpaired) electrons. The molecule has 0 aliphatic rings. The SMILES string of the molecule is [CH2]C(CCOCCOCCOC)(CCOCCOCCOC)OCCOCC. The topological polar surface area (TPSA) is 73.8 Å². The summed E-state index contributed by atoms with van der Waals surface area (Å²) in [5.74, 6) is 0. The fourth-order valence-corrected chi connectivity index (χ4v) is 2.18. The average Bonchev–Trinajstić information content (AvgIpc) is 2.69. The number of hydrogen-bond donors (Lipinski definition) is 0. The second kappa shape index (κ2) is 21.4. The van der Waals surface area contributed by atoms with Gasteiger partial charge < -0.3 is 37.9 Å². The van der Waals surface area contributed by atoms with Crippen molar-refractivity contribution in [1.29, 1.82) is 0 Å². The van der Waals surface area contributed by atoms with Crippen molar-refractivity contribution in [1.82, 2.24) is 0 Å². The Morgan fingerprint density at radius 1 is 0.536 bits per heavy atom. The molecule has 0 aromatic rings. The van der Waals surface area contributed by atoms with E-state index in [0.29, 0.717) is 98.7 Å². The predicted molar refractivity (Wildman–Crippen MR) is 107 cm³/mol.